The Morgan fingerprint density at radius 3 is 2.77 bits per heavy atom. The topological polar surface area (TPSA) is 62.8 Å². The number of thioether (sulfide) groups is 1. The van der Waals surface area contributed by atoms with Crippen molar-refractivity contribution in [2.75, 3.05) is 0 Å². The van der Waals surface area contributed by atoms with Gasteiger partial charge in [-0.15, -0.1) is 0 Å². The lowest BCUT2D eigenvalue weighted by Gasteiger charge is -2.01. The zero-order chi connectivity index (χ0) is 9.84. The molecule has 1 rings (SSSR count). The zero-order valence-corrected chi connectivity index (χ0v) is 8.88. The minimum absolute atomic E-state index is 0.0611. The minimum atomic E-state index is 0.0611. The number of pyridine rings is 1. The van der Waals surface area contributed by atoms with Gasteiger partial charge in [0.2, 0.25) is 0 Å². The molecule has 0 saturated carbocycles. The van der Waals surface area contributed by atoms with E-state index < -0.39 is 0 Å². The summed E-state index contributed by atoms with van der Waals surface area (Å²) in [6, 6.07) is 3.43. The molecule has 0 spiro atoms. The Balaban J connectivity index is 2.72. The highest BCUT2D eigenvalue weighted by atomic mass is 35.5. The fourth-order valence-electron chi connectivity index (χ4n) is 0.704. The van der Waals surface area contributed by atoms with E-state index in [9.17, 15) is 0 Å². The summed E-state index contributed by atoms with van der Waals surface area (Å²) in [6.07, 6.45) is 0. The molecule has 1 aromatic heterocycles. The van der Waals surface area contributed by atoms with Crippen LogP contribution in [0.1, 0.15) is 5.56 Å². The van der Waals surface area contributed by atoms with Crippen molar-refractivity contribution < 1.29 is 0 Å². The molecule has 1 heterocycles. The Hall–Kier alpha value is -0.450. The zero-order valence-electron chi connectivity index (χ0n) is 6.55. The molecule has 3 N–H and O–H groups in total. The highest BCUT2D eigenvalue weighted by Gasteiger charge is 2.03. The Bertz CT molecular complexity index is 330. The van der Waals surface area contributed by atoms with Crippen molar-refractivity contribution in [3.63, 3.8) is 0 Å². The summed E-state index contributed by atoms with van der Waals surface area (Å²) >= 11 is 12.6. The molecule has 0 fully saturated rings. The van der Waals surface area contributed by atoms with E-state index in [0.717, 1.165) is 5.56 Å². The monoisotopic (exact) mass is 235 g/mol. The second-order valence-electron chi connectivity index (χ2n) is 2.24. The van der Waals surface area contributed by atoms with Gasteiger partial charge in [-0.05, 0) is 11.6 Å². The van der Waals surface area contributed by atoms with Gasteiger partial charge in [0.05, 0.1) is 0 Å². The SMILES string of the molecule is N=C(N)SCc1ccc(Cl)nc1Cl. The van der Waals surface area contributed by atoms with E-state index in [1.54, 1.807) is 12.1 Å². The van der Waals surface area contributed by atoms with Gasteiger partial charge in [-0.2, -0.15) is 0 Å². The molecular weight excluding hydrogens is 229 g/mol. The summed E-state index contributed by atoms with van der Waals surface area (Å²) in [5, 5.41) is 7.79. The Morgan fingerprint density at radius 1 is 1.54 bits per heavy atom. The van der Waals surface area contributed by atoms with Crippen LogP contribution in [0, 0.1) is 5.41 Å². The van der Waals surface area contributed by atoms with Crippen molar-refractivity contribution in [3.05, 3.63) is 28.0 Å². The van der Waals surface area contributed by atoms with Gasteiger partial charge >= 0.3 is 0 Å². The molecule has 0 atom stereocenters. The number of nitrogens with zero attached hydrogens (tertiary/aromatic N) is 1. The van der Waals surface area contributed by atoms with Gasteiger partial charge < -0.3 is 5.73 Å². The van der Waals surface area contributed by atoms with E-state index in [1.807, 2.05) is 0 Å². The average molecular weight is 236 g/mol. The molecule has 0 unspecified atom stereocenters. The van der Waals surface area contributed by atoms with Crippen LogP contribution in [-0.2, 0) is 5.75 Å². The Labute approximate surface area is 90.1 Å². The van der Waals surface area contributed by atoms with Crippen molar-refractivity contribution in [3.8, 4) is 0 Å². The van der Waals surface area contributed by atoms with Gasteiger partial charge in [0.1, 0.15) is 10.3 Å². The molecule has 0 aliphatic rings. The smallest absolute Gasteiger partial charge is 0.151 e. The van der Waals surface area contributed by atoms with Gasteiger partial charge in [0.15, 0.2) is 5.17 Å². The first-order valence-corrected chi connectivity index (χ1v) is 5.11. The number of halogens is 2. The molecule has 0 saturated heterocycles. The molecule has 0 amide bonds. The number of rotatable bonds is 2. The third-order valence-electron chi connectivity index (χ3n) is 1.28. The van der Waals surface area contributed by atoms with E-state index in [2.05, 4.69) is 4.98 Å². The van der Waals surface area contributed by atoms with Crippen molar-refractivity contribution in [2.24, 2.45) is 5.73 Å². The van der Waals surface area contributed by atoms with Gasteiger partial charge in [0.25, 0.3) is 0 Å². The predicted octanol–water partition coefficient (Wildman–Crippen LogP) is 2.52. The lowest BCUT2D eigenvalue weighted by Crippen LogP contribution is -2.04. The second-order valence-corrected chi connectivity index (χ2v) is 4.00. The van der Waals surface area contributed by atoms with E-state index in [0.29, 0.717) is 16.1 Å². The molecule has 0 radical (unpaired) electrons. The van der Waals surface area contributed by atoms with E-state index in [1.165, 1.54) is 11.8 Å². The van der Waals surface area contributed by atoms with Crippen LogP contribution in [0.2, 0.25) is 10.3 Å². The van der Waals surface area contributed by atoms with Crippen LogP contribution in [0.25, 0.3) is 0 Å². The van der Waals surface area contributed by atoms with Crippen molar-refractivity contribution in [1.82, 2.24) is 4.98 Å². The summed E-state index contributed by atoms with van der Waals surface area (Å²) in [6.45, 7) is 0. The standard InChI is InChI=1S/C7H7Cl2N3S/c8-5-2-1-4(6(9)12-5)3-13-7(10)11/h1-2H,3H2,(H3,10,11). The van der Waals surface area contributed by atoms with Crippen LogP contribution in [-0.4, -0.2) is 10.2 Å². The number of aromatic nitrogens is 1. The highest BCUT2D eigenvalue weighted by molar-refractivity contribution is 8.13. The summed E-state index contributed by atoms with van der Waals surface area (Å²) in [4.78, 5) is 3.86. The van der Waals surface area contributed by atoms with Gasteiger partial charge in [-0.25, -0.2) is 4.98 Å². The summed E-state index contributed by atoms with van der Waals surface area (Å²) in [5.74, 6) is 0.540. The first-order chi connectivity index (χ1) is 6.09. The first-order valence-electron chi connectivity index (χ1n) is 3.37. The fourth-order valence-corrected chi connectivity index (χ4v) is 1.74. The molecule has 0 aromatic carbocycles. The number of hydrogen-bond donors (Lipinski definition) is 2. The predicted molar refractivity (Wildman–Crippen MR) is 57.5 cm³/mol. The Kier molecular flexibility index (Phi) is 3.84. The van der Waals surface area contributed by atoms with Gasteiger partial charge in [-0.3, -0.25) is 5.41 Å². The molecule has 3 nitrogen and oxygen atoms in total. The van der Waals surface area contributed by atoms with Gasteiger partial charge in [0, 0.05) is 5.75 Å². The second kappa shape index (κ2) is 4.69. The maximum Gasteiger partial charge on any atom is 0.151 e. The summed E-state index contributed by atoms with van der Waals surface area (Å²) < 4.78 is 0. The maximum absolute atomic E-state index is 7.01. The number of nitrogens with two attached hydrogens (primary N) is 1. The van der Waals surface area contributed by atoms with Crippen molar-refractivity contribution >= 4 is 40.1 Å². The van der Waals surface area contributed by atoms with Crippen LogP contribution < -0.4 is 5.73 Å². The molecule has 0 aliphatic carbocycles. The molecule has 0 aliphatic heterocycles. The molecule has 1 aromatic rings. The van der Waals surface area contributed by atoms with E-state index in [4.69, 9.17) is 34.3 Å². The lowest BCUT2D eigenvalue weighted by molar-refractivity contribution is 1.25. The summed E-state index contributed by atoms with van der Waals surface area (Å²) in [5.41, 5.74) is 6.00. The van der Waals surface area contributed by atoms with Crippen molar-refractivity contribution in [2.45, 2.75) is 5.75 Å². The first kappa shape index (κ1) is 10.6. The fraction of sp³-hybridized carbons (Fsp3) is 0.143. The van der Waals surface area contributed by atoms with Crippen LogP contribution in [0.5, 0.6) is 0 Å². The Morgan fingerprint density at radius 2 is 2.23 bits per heavy atom. The van der Waals surface area contributed by atoms with Crippen LogP contribution in [0.15, 0.2) is 12.1 Å². The van der Waals surface area contributed by atoms with E-state index in [-0.39, 0.29) is 5.17 Å². The average Bonchev–Trinajstić information content (AvgIpc) is 2.02. The third-order valence-corrected chi connectivity index (χ3v) is 2.58. The van der Waals surface area contributed by atoms with Crippen LogP contribution >= 0.6 is 35.0 Å². The van der Waals surface area contributed by atoms with Crippen molar-refractivity contribution in [1.29, 1.82) is 5.41 Å². The largest absolute Gasteiger partial charge is 0.379 e. The molecule has 70 valence electrons. The maximum atomic E-state index is 7.01. The molecular formula is C7H7Cl2N3S. The normalized spacial score (nSPS) is 10.0. The number of nitrogens with one attached hydrogen (secondary N) is 1. The van der Waals surface area contributed by atoms with Gasteiger partial charge in [-0.1, -0.05) is 41.0 Å². The van der Waals surface area contributed by atoms with Crippen LogP contribution in [0.4, 0.5) is 0 Å². The highest BCUT2D eigenvalue weighted by Crippen LogP contribution is 2.20. The minimum Gasteiger partial charge on any atom is -0.379 e. The third kappa shape index (κ3) is 3.42. The quantitative estimate of drug-likeness (QED) is 0.471. The van der Waals surface area contributed by atoms with Crippen LogP contribution in [0.3, 0.4) is 0 Å². The molecule has 6 heteroatoms. The lowest BCUT2D eigenvalue weighted by atomic mass is 10.3. The number of amidine groups is 1. The molecule has 0 bridgehead atoms. The molecule has 13 heavy (non-hydrogen) atoms. The number of hydrogen-bond acceptors (Lipinski definition) is 3. The summed E-state index contributed by atoms with van der Waals surface area (Å²) in [7, 11) is 0. The van der Waals surface area contributed by atoms with E-state index >= 15 is 0 Å².